The fourth-order valence-corrected chi connectivity index (χ4v) is 1.95. The minimum absolute atomic E-state index is 0.0110. The first-order valence-corrected chi connectivity index (χ1v) is 6.44. The number of nitrogens with one attached hydrogen (secondary N) is 1. The molecule has 0 saturated heterocycles. The van der Waals surface area contributed by atoms with Crippen LogP contribution < -0.4 is 5.32 Å². The van der Waals surface area contributed by atoms with Crippen molar-refractivity contribution in [1.82, 2.24) is 0 Å². The maximum Gasteiger partial charge on any atom is 0.418 e. The zero-order valence-electron chi connectivity index (χ0n) is 10.3. The number of unbranched alkanes of at least 4 members (excludes halogenated alkanes) is 3. The lowest BCUT2D eigenvalue weighted by atomic mass is 10.1. The summed E-state index contributed by atoms with van der Waals surface area (Å²) in [6, 6.07) is 3.82. The van der Waals surface area contributed by atoms with E-state index in [2.05, 4.69) is 12.2 Å². The molecule has 0 aliphatic heterocycles. The fraction of sp³-hybridized carbons (Fsp3) is 0.538. The topological polar surface area (TPSA) is 12.0 Å². The Hall–Kier alpha value is -0.900. The van der Waals surface area contributed by atoms with E-state index in [-0.39, 0.29) is 10.7 Å². The van der Waals surface area contributed by atoms with Crippen LogP contribution in [-0.2, 0) is 6.18 Å². The third-order valence-corrected chi connectivity index (χ3v) is 2.97. The lowest BCUT2D eigenvalue weighted by molar-refractivity contribution is -0.136. The highest BCUT2D eigenvalue weighted by molar-refractivity contribution is 6.33. The molecule has 0 aromatic heterocycles. The van der Waals surface area contributed by atoms with E-state index in [0.29, 0.717) is 6.54 Å². The van der Waals surface area contributed by atoms with Crippen LogP contribution in [0.25, 0.3) is 0 Å². The SMILES string of the molecule is CCCCCCNc1c(Cl)cccc1C(F)(F)F. The summed E-state index contributed by atoms with van der Waals surface area (Å²) in [6.45, 7) is 2.59. The molecule has 0 spiro atoms. The van der Waals surface area contributed by atoms with E-state index in [4.69, 9.17) is 11.6 Å². The number of benzene rings is 1. The van der Waals surface area contributed by atoms with Gasteiger partial charge in [0.25, 0.3) is 0 Å². The van der Waals surface area contributed by atoms with Crippen LogP contribution >= 0.6 is 11.6 Å². The summed E-state index contributed by atoms with van der Waals surface area (Å²) in [4.78, 5) is 0. The van der Waals surface area contributed by atoms with Gasteiger partial charge in [0, 0.05) is 6.54 Å². The smallest absolute Gasteiger partial charge is 0.383 e. The minimum Gasteiger partial charge on any atom is -0.383 e. The van der Waals surface area contributed by atoms with Gasteiger partial charge in [-0.25, -0.2) is 0 Å². The summed E-state index contributed by atoms with van der Waals surface area (Å²) in [5.74, 6) is 0. The maximum absolute atomic E-state index is 12.8. The molecule has 0 bridgehead atoms. The van der Waals surface area contributed by atoms with Crippen molar-refractivity contribution in [2.24, 2.45) is 0 Å². The molecule has 102 valence electrons. The molecule has 18 heavy (non-hydrogen) atoms. The van der Waals surface area contributed by atoms with Crippen molar-refractivity contribution in [2.75, 3.05) is 11.9 Å². The van der Waals surface area contributed by atoms with E-state index in [0.717, 1.165) is 31.7 Å². The number of hydrogen-bond acceptors (Lipinski definition) is 1. The van der Waals surface area contributed by atoms with Gasteiger partial charge in [-0.1, -0.05) is 43.9 Å². The molecule has 0 unspecified atom stereocenters. The highest BCUT2D eigenvalue weighted by Crippen LogP contribution is 2.38. The molecule has 1 aromatic carbocycles. The Bertz CT molecular complexity index is 377. The van der Waals surface area contributed by atoms with Crippen LogP contribution in [-0.4, -0.2) is 6.54 Å². The quantitative estimate of drug-likeness (QED) is 0.692. The van der Waals surface area contributed by atoms with E-state index in [1.807, 2.05) is 0 Å². The van der Waals surface area contributed by atoms with Crippen molar-refractivity contribution in [1.29, 1.82) is 0 Å². The summed E-state index contributed by atoms with van der Waals surface area (Å²) in [7, 11) is 0. The van der Waals surface area contributed by atoms with Gasteiger partial charge in [-0.15, -0.1) is 0 Å². The highest BCUT2D eigenvalue weighted by atomic mass is 35.5. The molecule has 1 N–H and O–H groups in total. The van der Waals surface area contributed by atoms with Gasteiger partial charge in [-0.2, -0.15) is 13.2 Å². The van der Waals surface area contributed by atoms with Crippen LogP contribution in [0.3, 0.4) is 0 Å². The number of halogens is 4. The van der Waals surface area contributed by atoms with Gasteiger partial charge in [0.2, 0.25) is 0 Å². The second kappa shape index (κ2) is 6.88. The molecule has 0 amide bonds. The first-order valence-electron chi connectivity index (χ1n) is 6.06. The van der Waals surface area contributed by atoms with E-state index in [1.54, 1.807) is 0 Å². The Kier molecular flexibility index (Phi) is 5.79. The zero-order valence-corrected chi connectivity index (χ0v) is 11.0. The molecule has 0 heterocycles. The summed E-state index contributed by atoms with van der Waals surface area (Å²) in [6.07, 6.45) is -0.335. The van der Waals surface area contributed by atoms with Crippen LogP contribution in [0.1, 0.15) is 38.2 Å². The van der Waals surface area contributed by atoms with Crippen LogP contribution in [0.15, 0.2) is 18.2 Å². The molecule has 0 saturated carbocycles. The molecule has 1 rings (SSSR count). The molecular formula is C13H17ClF3N. The van der Waals surface area contributed by atoms with E-state index < -0.39 is 11.7 Å². The van der Waals surface area contributed by atoms with Crippen molar-refractivity contribution >= 4 is 17.3 Å². The lowest BCUT2D eigenvalue weighted by Crippen LogP contribution is -2.12. The second-order valence-corrected chi connectivity index (χ2v) is 4.55. The molecule has 0 fully saturated rings. The Balaban J connectivity index is 2.69. The van der Waals surface area contributed by atoms with E-state index in [1.165, 1.54) is 12.1 Å². The van der Waals surface area contributed by atoms with Crippen molar-refractivity contribution in [2.45, 2.75) is 38.8 Å². The number of anilines is 1. The van der Waals surface area contributed by atoms with Crippen molar-refractivity contribution < 1.29 is 13.2 Å². The number of para-hydroxylation sites is 1. The Labute approximate surface area is 110 Å². The average molecular weight is 280 g/mol. The number of rotatable bonds is 6. The normalized spacial score (nSPS) is 11.6. The Morgan fingerprint density at radius 3 is 2.50 bits per heavy atom. The van der Waals surface area contributed by atoms with Crippen molar-refractivity contribution in [3.05, 3.63) is 28.8 Å². The number of alkyl halides is 3. The summed E-state index contributed by atoms with van der Waals surface area (Å²) >= 11 is 5.81. The average Bonchev–Trinajstić information content (AvgIpc) is 2.29. The van der Waals surface area contributed by atoms with Gasteiger partial charge >= 0.3 is 6.18 Å². The minimum atomic E-state index is -4.38. The molecule has 0 radical (unpaired) electrons. The summed E-state index contributed by atoms with van der Waals surface area (Å²) in [5, 5.41) is 2.91. The van der Waals surface area contributed by atoms with Crippen LogP contribution in [0.2, 0.25) is 5.02 Å². The fourth-order valence-electron chi connectivity index (χ4n) is 1.71. The van der Waals surface area contributed by atoms with Crippen LogP contribution in [0, 0.1) is 0 Å². The molecule has 1 aromatic rings. The third kappa shape index (κ3) is 4.41. The van der Waals surface area contributed by atoms with Gasteiger partial charge in [0.15, 0.2) is 0 Å². The third-order valence-electron chi connectivity index (χ3n) is 2.65. The van der Waals surface area contributed by atoms with Gasteiger partial charge in [-0.05, 0) is 18.6 Å². The Morgan fingerprint density at radius 1 is 1.17 bits per heavy atom. The molecule has 0 aliphatic carbocycles. The summed E-state index contributed by atoms with van der Waals surface area (Å²) < 4.78 is 38.3. The lowest BCUT2D eigenvalue weighted by Gasteiger charge is -2.15. The zero-order chi connectivity index (χ0) is 13.6. The molecule has 0 atom stereocenters. The molecule has 5 heteroatoms. The predicted molar refractivity (Wildman–Crippen MR) is 69.1 cm³/mol. The largest absolute Gasteiger partial charge is 0.418 e. The molecule has 0 aliphatic rings. The van der Waals surface area contributed by atoms with Gasteiger partial charge in [-0.3, -0.25) is 0 Å². The van der Waals surface area contributed by atoms with E-state index >= 15 is 0 Å². The first kappa shape index (κ1) is 15.2. The van der Waals surface area contributed by atoms with Gasteiger partial charge in [0.05, 0.1) is 16.3 Å². The predicted octanol–water partition coefficient (Wildman–Crippen LogP) is 5.35. The van der Waals surface area contributed by atoms with Gasteiger partial charge in [0.1, 0.15) is 0 Å². The highest BCUT2D eigenvalue weighted by Gasteiger charge is 2.34. The van der Waals surface area contributed by atoms with Crippen molar-refractivity contribution in [3.8, 4) is 0 Å². The first-order chi connectivity index (χ1) is 8.46. The number of hydrogen-bond donors (Lipinski definition) is 1. The molecule has 1 nitrogen and oxygen atoms in total. The standard InChI is InChI=1S/C13H17ClF3N/c1-2-3-4-5-9-18-12-10(13(15,16)17)7-6-8-11(12)14/h6-8,18H,2-5,9H2,1H3. The monoisotopic (exact) mass is 279 g/mol. The van der Waals surface area contributed by atoms with Gasteiger partial charge < -0.3 is 5.32 Å². The van der Waals surface area contributed by atoms with Crippen molar-refractivity contribution in [3.63, 3.8) is 0 Å². The van der Waals surface area contributed by atoms with Crippen LogP contribution in [0.4, 0.5) is 18.9 Å². The van der Waals surface area contributed by atoms with E-state index in [9.17, 15) is 13.2 Å². The van der Waals surface area contributed by atoms with Crippen LogP contribution in [0.5, 0.6) is 0 Å². The summed E-state index contributed by atoms with van der Waals surface area (Å²) in [5.41, 5.74) is -0.714. The maximum atomic E-state index is 12.8. The Morgan fingerprint density at radius 2 is 1.89 bits per heavy atom. The molecular weight excluding hydrogens is 263 g/mol. The second-order valence-electron chi connectivity index (χ2n) is 4.15.